The number of aliphatic imine (C=N–C) groups is 1. The first-order valence-corrected chi connectivity index (χ1v) is 9.89. The highest BCUT2D eigenvalue weighted by Gasteiger charge is 2.41. The molecule has 1 fully saturated rings. The Kier molecular flexibility index (Phi) is 6.47. The first-order valence-electron chi connectivity index (χ1n) is 7.87. The fourth-order valence-corrected chi connectivity index (χ4v) is 4.03. The number of carbonyl (C=O) groups excluding carboxylic acids is 2. The maximum absolute atomic E-state index is 12.8. The molecule has 1 aliphatic heterocycles. The molecule has 2 aromatic carbocycles. The van der Waals surface area contributed by atoms with Gasteiger partial charge in [0.25, 0.3) is 0 Å². The number of amidine groups is 1. The molecule has 2 aromatic rings. The average molecular weight is 454 g/mol. The number of anilines is 1. The van der Waals surface area contributed by atoms with E-state index < -0.39 is 17.1 Å². The molecule has 10 heteroatoms. The van der Waals surface area contributed by atoms with Crippen molar-refractivity contribution in [1.29, 1.82) is 5.26 Å². The fourth-order valence-electron chi connectivity index (χ4n) is 2.52. The summed E-state index contributed by atoms with van der Waals surface area (Å²) >= 11 is 19.2. The Morgan fingerprint density at radius 2 is 1.93 bits per heavy atom. The number of hydrogen-bond acceptors (Lipinski definition) is 5. The largest absolute Gasteiger partial charge is 0.274 e. The van der Waals surface area contributed by atoms with Crippen molar-refractivity contribution in [3.8, 4) is 6.19 Å². The summed E-state index contributed by atoms with van der Waals surface area (Å²) in [5.74, 6) is -0.883. The van der Waals surface area contributed by atoms with Gasteiger partial charge in [-0.15, -0.1) is 0 Å². The number of thioether (sulfide) groups is 1. The summed E-state index contributed by atoms with van der Waals surface area (Å²) in [6, 6.07) is 11.4. The third-order valence-electron chi connectivity index (χ3n) is 3.75. The number of halogens is 3. The van der Waals surface area contributed by atoms with E-state index in [4.69, 9.17) is 40.1 Å². The van der Waals surface area contributed by atoms with E-state index in [-0.39, 0.29) is 22.3 Å². The van der Waals surface area contributed by atoms with Gasteiger partial charge in [0.15, 0.2) is 11.4 Å². The molecular weight excluding hydrogens is 443 g/mol. The molecule has 0 spiro atoms. The summed E-state index contributed by atoms with van der Waals surface area (Å²) in [6.45, 7) is 0. The van der Waals surface area contributed by atoms with Crippen molar-refractivity contribution >= 4 is 74.9 Å². The Bertz CT molecular complexity index is 1020. The molecule has 1 aliphatic rings. The van der Waals surface area contributed by atoms with Crippen LogP contribution in [0.3, 0.4) is 0 Å². The predicted molar refractivity (Wildman–Crippen MR) is 112 cm³/mol. The lowest BCUT2D eigenvalue weighted by molar-refractivity contribution is -0.121. The standard InChI is InChI=1S/C18H11Cl3N4O2S/c19-10-5-6-12(21)14(7-10)25-16(26)8-15(17(25)27)28-18(23-9-22)24-13-4-2-1-3-11(13)20/h1-7,15H,8H2,(H,23,24)/t15-/m0/s1. The lowest BCUT2D eigenvalue weighted by atomic mass is 10.3. The van der Waals surface area contributed by atoms with Crippen molar-refractivity contribution in [2.45, 2.75) is 11.7 Å². The minimum atomic E-state index is -0.773. The van der Waals surface area contributed by atoms with Crippen LogP contribution < -0.4 is 10.2 Å². The summed E-state index contributed by atoms with van der Waals surface area (Å²) in [6.07, 6.45) is 1.71. The second-order valence-electron chi connectivity index (χ2n) is 5.58. The maximum Gasteiger partial charge on any atom is 0.247 e. The predicted octanol–water partition coefficient (Wildman–Crippen LogP) is 4.77. The van der Waals surface area contributed by atoms with Crippen LogP contribution in [0.5, 0.6) is 0 Å². The van der Waals surface area contributed by atoms with Gasteiger partial charge in [-0.2, -0.15) is 5.26 Å². The molecule has 1 heterocycles. The van der Waals surface area contributed by atoms with Crippen LogP contribution in [0.4, 0.5) is 11.4 Å². The number of carbonyl (C=O) groups is 2. The van der Waals surface area contributed by atoms with E-state index in [1.807, 2.05) is 0 Å². The van der Waals surface area contributed by atoms with E-state index in [2.05, 4.69) is 10.3 Å². The number of nitrogens with one attached hydrogen (secondary N) is 1. The molecule has 0 aliphatic carbocycles. The van der Waals surface area contributed by atoms with Gasteiger partial charge in [-0.3, -0.25) is 14.9 Å². The van der Waals surface area contributed by atoms with Crippen molar-refractivity contribution < 1.29 is 9.59 Å². The number of imide groups is 1. The van der Waals surface area contributed by atoms with Crippen LogP contribution in [0.2, 0.25) is 15.1 Å². The number of rotatable bonds is 3. The molecule has 0 radical (unpaired) electrons. The number of hydrogen-bond donors (Lipinski definition) is 1. The summed E-state index contributed by atoms with van der Waals surface area (Å²) in [5, 5.41) is 11.8. The van der Waals surface area contributed by atoms with Crippen LogP contribution >= 0.6 is 46.6 Å². The number of para-hydroxylation sites is 1. The minimum Gasteiger partial charge on any atom is -0.274 e. The molecule has 0 unspecified atom stereocenters. The first kappa shape index (κ1) is 20.5. The van der Waals surface area contributed by atoms with Crippen LogP contribution in [0.15, 0.2) is 47.5 Å². The fraction of sp³-hybridized carbons (Fsp3) is 0.111. The van der Waals surface area contributed by atoms with E-state index >= 15 is 0 Å². The molecule has 0 aromatic heterocycles. The minimum absolute atomic E-state index is 0.0685. The number of nitriles is 1. The van der Waals surface area contributed by atoms with Gasteiger partial charge in [-0.1, -0.05) is 58.7 Å². The molecular formula is C18H11Cl3N4O2S. The Morgan fingerprint density at radius 3 is 2.64 bits per heavy atom. The van der Waals surface area contributed by atoms with E-state index in [0.29, 0.717) is 15.7 Å². The van der Waals surface area contributed by atoms with Gasteiger partial charge in [0.1, 0.15) is 5.25 Å². The van der Waals surface area contributed by atoms with E-state index in [9.17, 15) is 9.59 Å². The molecule has 3 rings (SSSR count). The Morgan fingerprint density at radius 1 is 1.18 bits per heavy atom. The van der Waals surface area contributed by atoms with Crippen molar-refractivity contribution in [3.63, 3.8) is 0 Å². The molecule has 0 saturated carbocycles. The molecule has 6 nitrogen and oxygen atoms in total. The molecule has 1 N–H and O–H groups in total. The van der Waals surface area contributed by atoms with Crippen molar-refractivity contribution in [2.75, 3.05) is 4.90 Å². The zero-order chi connectivity index (χ0) is 20.3. The van der Waals surface area contributed by atoms with Crippen molar-refractivity contribution in [2.24, 2.45) is 4.99 Å². The van der Waals surface area contributed by atoms with Gasteiger partial charge in [0.05, 0.1) is 21.4 Å². The molecule has 1 saturated heterocycles. The van der Waals surface area contributed by atoms with E-state index in [1.54, 1.807) is 36.5 Å². The highest BCUT2D eigenvalue weighted by Crippen LogP contribution is 2.36. The highest BCUT2D eigenvalue weighted by atomic mass is 35.5. The normalized spacial score (nSPS) is 17.0. The summed E-state index contributed by atoms with van der Waals surface area (Å²) in [4.78, 5) is 30.6. The lowest BCUT2D eigenvalue weighted by Gasteiger charge is -2.16. The molecule has 0 bridgehead atoms. The third kappa shape index (κ3) is 4.42. The van der Waals surface area contributed by atoms with Gasteiger partial charge >= 0.3 is 0 Å². The second-order valence-corrected chi connectivity index (χ2v) is 8.02. The van der Waals surface area contributed by atoms with Crippen LogP contribution in [-0.4, -0.2) is 22.2 Å². The summed E-state index contributed by atoms with van der Waals surface area (Å²) in [7, 11) is 0. The van der Waals surface area contributed by atoms with Gasteiger partial charge < -0.3 is 0 Å². The lowest BCUT2D eigenvalue weighted by Crippen LogP contribution is -2.32. The van der Waals surface area contributed by atoms with Gasteiger partial charge in [0, 0.05) is 11.4 Å². The quantitative estimate of drug-likeness (QED) is 0.238. The zero-order valence-electron chi connectivity index (χ0n) is 14.0. The summed E-state index contributed by atoms with van der Waals surface area (Å²) < 4.78 is 0. The number of nitrogens with zero attached hydrogens (tertiary/aromatic N) is 3. The highest BCUT2D eigenvalue weighted by molar-refractivity contribution is 8.15. The molecule has 142 valence electrons. The van der Waals surface area contributed by atoms with Gasteiger partial charge in [0.2, 0.25) is 11.8 Å². The van der Waals surface area contributed by atoms with Gasteiger partial charge in [-0.25, -0.2) is 9.89 Å². The van der Waals surface area contributed by atoms with Crippen LogP contribution in [0.25, 0.3) is 0 Å². The second kappa shape index (κ2) is 8.84. The van der Waals surface area contributed by atoms with Crippen LogP contribution in [0, 0.1) is 11.5 Å². The van der Waals surface area contributed by atoms with E-state index in [1.165, 1.54) is 12.1 Å². The Labute approximate surface area is 180 Å². The maximum atomic E-state index is 12.8. The zero-order valence-corrected chi connectivity index (χ0v) is 17.1. The van der Waals surface area contributed by atoms with Crippen molar-refractivity contribution in [3.05, 3.63) is 57.5 Å². The van der Waals surface area contributed by atoms with Crippen LogP contribution in [0.1, 0.15) is 6.42 Å². The third-order valence-corrected chi connectivity index (χ3v) is 5.69. The Balaban J connectivity index is 1.87. The Hall–Kier alpha value is -2.24. The molecule has 2 amide bonds. The van der Waals surface area contributed by atoms with E-state index in [0.717, 1.165) is 16.7 Å². The molecule has 1 atom stereocenters. The van der Waals surface area contributed by atoms with Crippen LogP contribution in [-0.2, 0) is 9.59 Å². The molecule has 28 heavy (non-hydrogen) atoms. The monoisotopic (exact) mass is 452 g/mol. The number of benzene rings is 2. The number of amides is 2. The SMILES string of the molecule is N#CNC(=Nc1ccccc1Cl)S[C@H]1CC(=O)N(c2cc(Cl)ccc2Cl)C1=O. The average Bonchev–Trinajstić information content (AvgIpc) is 2.93. The van der Waals surface area contributed by atoms with Gasteiger partial charge in [-0.05, 0) is 30.3 Å². The topological polar surface area (TPSA) is 85.6 Å². The van der Waals surface area contributed by atoms with Crippen molar-refractivity contribution in [1.82, 2.24) is 5.32 Å². The summed E-state index contributed by atoms with van der Waals surface area (Å²) in [5.41, 5.74) is 0.658. The first-order chi connectivity index (χ1) is 13.4. The smallest absolute Gasteiger partial charge is 0.247 e.